The summed E-state index contributed by atoms with van der Waals surface area (Å²) in [6, 6.07) is 1.33. The standard InChI is InChI=1S/C18H30N2O3.C2HF3O2/c21-18(19-10-12-22-13-11-19)17-7-6-15-16(23-17)8-9-20(15)14-4-2-1-3-5-14;3-2(4,5)1(6)7/h14-17H,1-13H2;(H,6,7)/t15-,16-,17-;/m1./s1. The van der Waals surface area contributed by atoms with E-state index in [4.69, 9.17) is 19.4 Å². The number of alkyl halides is 3. The van der Waals surface area contributed by atoms with Crippen LogP contribution in [0, 0.1) is 0 Å². The summed E-state index contributed by atoms with van der Waals surface area (Å²) < 4.78 is 43.4. The van der Waals surface area contributed by atoms with Gasteiger partial charge in [0.2, 0.25) is 0 Å². The largest absolute Gasteiger partial charge is 0.490 e. The number of aliphatic carboxylic acids is 1. The number of ether oxygens (including phenoxy) is 2. The van der Waals surface area contributed by atoms with Gasteiger partial charge in [-0.25, -0.2) is 4.79 Å². The zero-order valence-electron chi connectivity index (χ0n) is 17.1. The molecular weight excluding hydrogens is 405 g/mol. The minimum absolute atomic E-state index is 0.197. The number of nitrogens with zero attached hydrogens (tertiary/aromatic N) is 2. The van der Waals surface area contributed by atoms with E-state index in [1.165, 1.54) is 38.6 Å². The average molecular weight is 436 g/mol. The maximum Gasteiger partial charge on any atom is 0.490 e. The smallest absolute Gasteiger partial charge is 0.475 e. The van der Waals surface area contributed by atoms with Crippen LogP contribution in [0.25, 0.3) is 0 Å². The second-order valence-corrected chi connectivity index (χ2v) is 8.37. The first-order valence-corrected chi connectivity index (χ1v) is 10.8. The summed E-state index contributed by atoms with van der Waals surface area (Å²) in [5, 5.41) is 7.12. The van der Waals surface area contributed by atoms with Crippen molar-refractivity contribution in [3.63, 3.8) is 0 Å². The molecule has 3 aliphatic heterocycles. The van der Waals surface area contributed by atoms with Crippen molar-refractivity contribution in [1.29, 1.82) is 0 Å². The number of carboxylic acids is 1. The molecule has 0 aromatic heterocycles. The maximum atomic E-state index is 12.7. The topological polar surface area (TPSA) is 79.3 Å². The van der Waals surface area contributed by atoms with Crippen molar-refractivity contribution in [2.24, 2.45) is 0 Å². The first kappa shape index (κ1) is 23.3. The molecule has 0 spiro atoms. The van der Waals surface area contributed by atoms with Crippen LogP contribution in [-0.2, 0) is 19.1 Å². The molecule has 3 saturated heterocycles. The molecule has 0 bridgehead atoms. The van der Waals surface area contributed by atoms with E-state index in [0.29, 0.717) is 19.3 Å². The molecule has 7 nitrogen and oxygen atoms in total. The number of hydrogen-bond acceptors (Lipinski definition) is 5. The highest BCUT2D eigenvalue weighted by molar-refractivity contribution is 5.81. The van der Waals surface area contributed by atoms with Gasteiger partial charge in [0.25, 0.3) is 5.91 Å². The van der Waals surface area contributed by atoms with Crippen LogP contribution in [0.15, 0.2) is 0 Å². The normalized spacial score (nSPS) is 30.9. The molecule has 4 fully saturated rings. The lowest BCUT2D eigenvalue weighted by Gasteiger charge is -2.41. The van der Waals surface area contributed by atoms with Crippen LogP contribution in [0.5, 0.6) is 0 Å². The molecule has 1 aliphatic carbocycles. The highest BCUT2D eigenvalue weighted by atomic mass is 19.4. The van der Waals surface area contributed by atoms with Gasteiger partial charge in [-0.1, -0.05) is 19.3 Å². The van der Waals surface area contributed by atoms with Gasteiger partial charge in [0.15, 0.2) is 0 Å². The Bertz CT molecular complexity index is 591. The first-order chi connectivity index (χ1) is 14.3. The Morgan fingerprint density at radius 3 is 2.13 bits per heavy atom. The monoisotopic (exact) mass is 436 g/mol. The Labute approximate surface area is 174 Å². The lowest BCUT2D eigenvalue weighted by molar-refractivity contribution is -0.192. The van der Waals surface area contributed by atoms with Gasteiger partial charge in [0, 0.05) is 31.7 Å². The van der Waals surface area contributed by atoms with Crippen LogP contribution in [0.4, 0.5) is 13.2 Å². The molecule has 0 unspecified atom stereocenters. The van der Waals surface area contributed by atoms with Crippen molar-refractivity contribution >= 4 is 11.9 Å². The number of likely N-dealkylation sites (tertiary alicyclic amines) is 1. The highest BCUT2D eigenvalue weighted by Gasteiger charge is 2.44. The van der Waals surface area contributed by atoms with E-state index in [2.05, 4.69) is 4.90 Å². The molecule has 1 amide bonds. The lowest BCUT2D eigenvalue weighted by atomic mass is 9.92. The van der Waals surface area contributed by atoms with Crippen molar-refractivity contribution in [2.75, 3.05) is 32.8 Å². The second kappa shape index (κ2) is 10.3. The van der Waals surface area contributed by atoms with Gasteiger partial charge in [-0.05, 0) is 32.1 Å². The molecule has 1 N–H and O–H groups in total. The van der Waals surface area contributed by atoms with Crippen molar-refractivity contribution in [1.82, 2.24) is 9.80 Å². The van der Waals surface area contributed by atoms with E-state index in [0.717, 1.165) is 38.4 Å². The van der Waals surface area contributed by atoms with E-state index in [1.54, 1.807) is 0 Å². The molecule has 4 rings (SSSR count). The van der Waals surface area contributed by atoms with Crippen molar-refractivity contribution in [2.45, 2.75) is 81.8 Å². The SMILES string of the molecule is O=C(O)C(F)(F)F.O=C([C@H]1CC[C@@H]2[C@@H](CCN2C2CCCCC2)O1)N1CCOCC1. The summed E-state index contributed by atoms with van der Waals surface area (Å²) in [6.45, 7) is 3.94. The summed E-state index contributed by atoms with van der Waals surface area (Å²) in [6.07, 6.45) is 5.01. The summed E-state index contributed by atoms with van der Waals surface area (Å²) in [7, 11) is 0. The number of amides is 1. The molecule has 0 aromatic carbocycles. The van der Waals surface area contributed by atoms with Crippen LogP contribution >= 0.6 is 0 Å². The van der Waals surface area contributed by atoms with Crippen molar-refractivity contribution in [3.05, 3.63) is 0 Å². The Morgan fingerprint density at radius 1 is 0.900 bits per heavy atom. The third-order valence-electron chi connectivity index (χ3n) is 6.48. The Morgan fingerprint density at radius 2 is 1.53 bits per heavy atom. The summed E-state index contributed by atoms with van der Waals surface area (Å²) in [5.41, 5.74) is 0. The molecule has 30 heavy (non-hydrogen) atoms. The lowest BCUT2D eigenvalue weighted by Crippen LogP contribution is -2.52. The van der Waals surface area contributed by atoms with Crippen LogP contribution in [-0.4, -0.2) is 90.1 Å². The average Bonchev–Trinajstić information content (AvgIpc) is 3.17. The number of morpholine rings is 1. The predicted molar refractivity (Wildman–Crippen MR) is 101 cm³/mol. The quantitative estimate of drug-likeness (QED) is 0.716. The summed E-state index contributed by atoms with van der Waals surface area (Å²) in [5.74, 6) is -2.56. The molecule has 4 aliphatic rings. The molecule has 3 atom stereocenters. The van der Waals surface area contributed by atoms with Gasteiger partial charge in [-0.3, -0.25) is 9.69 Å². The van der Waals surface area contributed by atoms with Gasteiger partial charge in [0.1, 0.15) is 6.10 Å². The van der Waals surface area contributed by atoms with E-state index in [1.807, 2.05) is 4.90 Å². The third kappa shape index (κ3) is 5.85. The second-order valence-electron chi connectivity index (χ2n) is 8.37. The van der Waals surface area contributed by atoms with Crippen molar-refractivity contribution in [3.8, 4) is 0 Å². The maximum absolute atomic E-state index is 12.7. The number of carboxylic acid groups (broad SMARTS) is 1. The number of fused-ring (bicyclic) bond motifs is 1. The Balaban J connectivity index is 0.000000318. The fourth-order valence-corrected chi connectivity index (χ4v) is 4.99. The predicted octanol–water partition coefficient (Wildman–Crippen LogP) is 2.43. The van der Waals surface area contributed by atoms with Gasteiger partial charge < -0.3 is 19.5 Å². The number of rotatable bonds is 2. The molecule has 3 heterocycles. The minimum Gasteiger partial charge on any atom is -0.475 e. The van der Waals surface area contributed by atoms with E-state index in [9.17, 15) is 18.0 Å². The minimum atomic E-state index is -5.08. The Hall–Kier alpha value is -1.39. The van der Waals surface area contributed by atoms with Gasteiger partial charge in [-0.15, -0.1) is 0 Å². The van der Waals surface area contributed by atoms with E-state index < -0.39 is 12.1 Å². The molecule has 10 heteroatoms. The summed E-state index contributed by atoms with van der Waals surface area (Å²) in [4.78, 5) is 26.2. The van der Waals surface area contributed by atoms with Crippen LogP contribution in [0.2, 0.25) is 0 Å². The highest BCUT2D eigenvalue weighted by Crippen LogP contribution is 2.36. The van der Waals surface area contributed by atoms with Gasteiger partial charge in [-0.2, -0.15) is 13.2 Å². The van der Waals surface area contributed by atoms with E-state index >= 15 is 0 Å². The van der Waals surface area contributed by atoms with Crippen molar-refractivity contribution < 1.29 is 37.3 Å². The zero-order chi connectivity index (χ0) is 21.7. The fourth-order valence-electron chi connectivity index (χ4n) is 4.99. The fraction of sp³-hybridized carbons (Fsp3) is 0.900. The molecule has 0 radical (unpaired) electrons. The number of carbonyl (C=O) groups excluding carboxylic acids is 1. The first-order valence-electron chi connectivity index (χ1n) is 10.8. The Kier molecular flexibility index (Phi) is 7.98. The van der Waals surface area contributed by atoms with Crippen LogP contribution in [0.3, 0.4) is 0 Å². The zero-order valence-corrected chi connectivity index (χ0v) is 17.1. The summed E-state index contributed by atoms with van der Waals surface area (Å²) >= 11 is 0. The molecule has 172 valence electrons. The number of hydrogen-bond donors (Lipinski definition) is 1. The molecule has 0 aromatic rings. The molecular formula is C20H31F3N2O5. The molecule has 1 saturated carbocycles. The van der Waals surface area contributed by atoms with E-state index in [-0.39, 0.29) is 18.1 Å². The third-order valence-corrected chi connectivity index (χ3v) is 6.48. The van der Waals surface area contributed by atoms with Crippen LogP contribution in [0.1, 0.15) is 51.4 Å². The van der Waals surface area contributed by atoms with Crippen LogP contribution < -0.4 is 0 Å². The van der Waals surface area contributed by atoms with Gasteiger partial charge >= 0.3 is 12.1 Å². The number of carbonyl (C=O) groups is 2. The van der Waals surface area contributed by atoms with Gasteiger partial charge in [0.05, 0.1) is 19.3 Å². The number of halogens is 3.